The fourth-order valence-electron chi connectivity index (χ4n) is 1.92. The van der Waals surface area contributed by atoms with Crippen molar-refractivity contribution in [1.29, 1.82) is 0 Å². The molecule has 1 heterocycles. The van der Waals surface area contributed by atoms with Crippen molar-refractivity contribution in [2.75, 3.05) is 7.05 Å². The molecule has 0 saturated carbocycles. The zero-order valence-corrected chi connectivity index (χ0v) is 13.9. The number of rotatable bonds is 5. The second-order valence-corrected chi connectivity index (χ2v) is 8.08. The zero-order valence-electron chi connectivity index (χ0n) is 12.3. The first-order chi connectivity index (χ1) is 9.80. The minimum atomic E-state index is -3.51. The molecule has 0 aliphatic rings. The van der Waals surface area contributed by atoms with E-state index in [0.29, 0.717) is 0 Å². The van der Waals surface area contributed by atoms with E-state index in [9.17, 15) is 8.42 Å². The summed E-state index contributed by atoms with van der Waals surface area (Å²) >= 11 is 1.51. The molecule has 114 valence electrons. The van der Waals surface area contributed by atoms with Gasteiger partial charge in [0.15, 0.2) is 0 Å². The van der Waals surface area contributed by atoms with E-state index in [2.05, 4.69) is 4.98 Å². The fraction of sp³-hybridized carbons (Fsp3) is 0.357. The van der Waals surface area contributed by atoms with Crippen molar-refractivity contribution in [2.24, 2.45) is 5.73 Å². The molecule has 0 radical (unpaired) electrons. The summed E-state index contributed by atoms with van der Waals surface area (Å²) in [6, 6.07) is 6.57. The Balaban J connectivity index is 2.20. The van der Waals surface area contributed by atoms with Gasteiger partial charge in [0, 0.05) is 18.5 Å². The second-order valence-electron chi connectivity index (χ2n) is 4.98. The molecule has 1 aromatic carbocycles. The van der Waals surface area contributed by atoms with Gasteiger partial charge in [-0.2, -0.15) is 4.31 Å². The first-order valence-electron chi connectivity index (χ1n) is 6.53. The van der Waals surface area contributed by atoms with Crippen LogP contribution in [0.5, 0.6) is 0 Å². The highest BCUT2D eigenvalue weighted by Gasteiger charge is 2.21. The maximum atomic E-state index is 12.5. The van der Waals surface area contributed by atoms with Crippen LogP contribution in [0.1, 0.15) is 29.2 Å². The van der Waals surface area contributed by atoms with Crippen LogP contribution >= 0.6 is 11.3 Å². The van der Waals surface area contributed by atoms with Crippen LogP contribution in [-0.2, 0) is 16.6 Å². The molecule has 0 amide bonds. The van der Waals surface area contributed by atoms with Gasteiger partial charge in [0.2, 0.25) is 10.0 Å². The lowest BCUT2D eigenvalue weighted by molar-refractivity contribution is 0.462. The van der Waals surface area contributed by atoms with Crippen molar-refractivity contribution in [3.63, 3.8) is 0 Å². The number of aryl methyl sites for hydroxylation is 1. The molecule has 0 bridgehead atoms. The van der Waals surface area contributed by atoms with E-state index in [-0.39, 0.29) is 17.5 Å². The first kappa shape index (κ1) is 16.1. The predicted octanol–water partition coefficient (Wildman–Crippen LogP) is 2.29. The molecule has 5 nitrogen and oxygen atoms in total. The van der Waals surface area contributed by atoms with Crippen molar-refractivity contribution >= 4 is 21.4 Å². The largest absolute Gasteiger partial charge is 0.324 e. The Labute approximate surface area is 129 Å². The number of nitrogens with two attached hydrogens (primary N) is 1. The summed E-state index contributed by atoms with van der Waals surface area (Å²) in [6.45, 7) is 4.03. The van der Waals surface area contributed by atoms with Gasteiger partial charge in [-0.05, 0) is 31.5 Å². The molecule has 7 heteroatoms. The van der Waals surface area contributed by atoms with Crippen LogP contribution in [-0.4, -0.2) is 24.8 Å². The van der Waals surface area contributed by atoms with Gasteiger partial charge in [0.1, 0.15) is 0 Å². The predicted molar refractivity (Wildman–Crippen MR) is 84.5 cm³/mol. The van der Waals surface area contributed by atoms with Crippen LogP contribution in [0.15, 0.2) is 34.5 Å². The maximum Gasteiger partial charge on any atom is 0.243 e. The molecule has 2 rings (SSSR count). The number of nitrogens with zero attached hydrogens (tertiary/aromatic N) is 2. The van der Waals surface area contributed by atoms with E-state index in [1.54, 1.807) is 31.3 Å². The van der Waals surface area contributed by atoms with E-state index in [1.807, 2.05) is 19.2 Å². The van der Waals surface area contributed by atoms with E-state index in [1.165, 1.54) is 15.6 Å². The number of benzene rings is 1. The van der Waals surface area contributed by atoms with Gasteiger partial charge in [0.05, 0.1) is 22.1 Å². The number of aromatic nitrogens is 1. The van der Waals surface area contributed by atoms with Gasteiger partial charge in [-0.1, -0.05) is 12.1 Å². The molecule has 1 unspecified atom stereocenters. The average Bonchev–Trinajstić information content (AvgIpc) is 2.84. The summed E-state index contributed by atoms with van der Waals surface area (Å²) in [5.74, 6) is 0. The van der Waals surface area contributed by atoms with Gasteiger partial charge in [-0.15, -0.1) is 11.3 Å². The smallest absolute Gasteiger partial charge is 0.243 e. The normalized spacial score (nSPS) is 13.6. The molecule has 1 aromatic heterocycles. The Morgan fingerprint density at radius 2 is 1.95 bits per heavy atom. The molecule has 0 aliphatic carbocycles. The molecular weight excluding hydrogens is 306 g/mol. The molecule has 21 heavy (non-hydrogen) atoms. The molecule has 0 spiro atoms. The topological polar surface area (TPSA) is 76.3 Å². The Morgan fingerprint density at radius 1 is 1.33 bits per heavy atom. The molecular formula is C14H19N3O2S2. The SMILES string of the molecule is Cc1nc(CN(C)S(=O)(=O)c2ccc(C(C)N)cc2)cs1. The van der Waals surface area contributed by atoms with Crippen molar-refractivity contribution in [2.45, 2.75) is 31.3 Å². The monoisotopic (exact) mass is 325 g/mol. The highest BCUT2D eigenvalue weighted by molar-refractivity contribution is 7.89. The molecule has 0 aliphatic heterocycles. The van der Waals surface area contributed by atoms with Gasteiger partial charge in [-0.3, -0.25) is 0 Å². The molecule has 2 aromatic rings. The lowest BCUT2D eigenvalue weighted by atomic mass is 10.1. The van der Waals surface area contributed by atoms with E-state index >= 15 is 0 Å². The number of sulfonamides is 1. The van der Waals surface area contributed by atoms with Gasteiger partial charge < -0.3 is 5.73 Å². The van der Waals surface area contributed by atoms with Crippen molar-refractivity contribution in [3.8, 4) is 0 Å². The van der Waals surface area contributed by atoms with Crippen LogP contribution in [0.4, 0.5) is 0 Å². The van der Waals surface area contributed by atoms with Crippen LogP contribution < -0.4 is 5.73 Å². The second kappa shape index (κ2) is 6.23. The van der Waals surface area contributed by atoms with Crippen molar-refractivity contribution in [3.05, 3.63) is 45.9 Å². The molecule has 0 saturated heterocycles. The first-order valence-corrected chi connectivity index (χ1v) is 8.85. The maximum absolute atomic E-state index is 12.5. The van der Waals surface area contributed by atoms with E-state index < -0.39 is 10.0 Å². The van der Waals surface area contributed by atoms with Crippen molar-refractivity contribution < 1.29 is 8.42 Å². The van der Waals surface area contributed by atoms with Crippen molar-refractivity contribution in [1.82, 2.24) is 9.29 Å². The Hall–Kier alpha value is -1.28. The van der Waals surface area contributed by atoms with Crippen LogP contribution in [0.3, 0.4) is 0 Å². The summed E-state index contributed by atoms with van der Waals surface area (Å²) < 4.78 is 26.3. The van der Waals surface area contributed by atoms with Crippen LogP contribution in [0.25, 0.3) is 0 Å². The standard InChI is InChI=1S/C14H19N3O2S2/c1-10(15)12-4-6-14(7-5-12)21(18,19)17(3)8-13-9-20-11(2)16-13/h4-7,9-10H,8,15H2,1-3H3. The summed E-state index contributed by atoms with van der Waals surface area (Å²) in [4.78, 5) is 4.56. The van der Waals surface area contributed by atoms with Gasteiger partial charge in [-0.25, -0.2) is 13.4 Å². The average molecular weight is 325 g/mol. The third kappa shape index (κ3) is 3.68. The molecule has 1 atom stereocenters. The fourth-order valence-corrected chi connectivity index (χ4v) is 3.66. The van der Waals surface area contributed by atoms with Crippen LogP contribution in [0.2, 0.25) is 0 Å². The number of hydrogen-bond acceptors (Lipinski definition) is 5. The Kier molecular flexibility index (Phi) is 4.77. The molecule has 2 N–H and O–H groups in total. The van der Waals surface area contributed by atoms with E-state index in [4.69, 9.17) is 5.73 Å². The highest BCUT2D eigenvalue weighted by atomic mass is 32.2. The third-order valence-electron chi connectivity index (χ3n) is 3.17. The zero-order chi connectivity index (χ0) is 15.6. The Bertz CT molecular complexity index is 706. The highest BCUT2D eigenvalue weighted by Crippen LogP contribution is 2.19. The van der Waals surface area contributed by atoms with Crippen LogP contribution in [0, 0.1) is 6.92 Å². The number of hydrogen-bond donors (Lipinski definition) is 1. The van der Waals surface area contributed by atoms with Gasteiger partial charge >= 0.3 is 0 Å². The molecule has 0 fully saturated rings. The lowest BCUT2D eigenvalue weighted by Crippen LogP contribution is -2.26. The minimum Gasteiger partial charge on any atom is -0.324 e. The quantitative estimate of drug-likeness (QED) is 0.915. The lowest BCUT2D eigenvalue weighted by Gasteiger charge is -2.16. The third-order valence-corrected chi connectivity index (χ3v) is 5.81. The van der Waals surface area contributed by atoms with Gasteiger partial charge in [0.25, 0.3) is 0 Å². The van der Waals surface area contributed by atoms with E-state index in [0.717, 1.165) is 16.3 Å². The summed E-state index contributed by atoms with van der Waals surface area (Å²) in [5.41, 5.74) is 7.44. The summed E-state index contributed by atoms with van der Waals surface area (Å²) in [5, 5.41) is 2.80. The Morgan fingerprint density at radius 3 is 2.43 bits per heavy atom. The summed E-state index contributed by atoms with van der Waals surface area (Å²) in [6.07, 6.45) is 0. The number of thiazole rings is 1. The minimum absolute atomic E-state index is 0.113. The summed E-state index contributed by atoms with van der Waals surface area (Å²) in [7, 11) is -1.95.